The van der Waals surface area contributed by atoms with Gasteiger partial charge in [0.1, 0.15) is 11.5 Å². The maximum absolute atomic E-state index is 6.52. The highest BCUT2D eigenvalue weighted by Crippen LogP contribution is 2.60. The fraction of sp³-hybridized carbons (Fsp3) is 0.0400. The lowest BCUT2D eigenvalue weighted by Crippen LogP contribution is -2.23. The summed E-state index contributed by atoms with van der Waals surface area (Å²) in [6.07, 6.45) is 0. The molecule has 2 aliphatic rings. The van der Waals surface area contributed by atoms with Gasteiger partial charge in [-0.05, 0) is 106 Å². The summed E-state index contributed by atoms with van der Waals surface area (Å²) in [5.74, 6) is 1.83. The first-order chi connectivity index (χ1) is 26.1. The van der Waals surface area contributed by atoms with Gasteiger partial charge in [0.2, 0.25) is 0 Å². The van der Waals surface area contributed by atoms with E-state index in [-0.39, 0.29) is 5.41 Å². The summed E-state index contributed by atoms with van der Waals surface area (Å²) < 4.78 is 6.52. The van der Waals surface area contributed by atoms with Crippen molar-refractivity contribution in [1.29, 1.82) is 0 Å². The van der Waals surface area contributed by atoms with Crippen LogP contribution < -0.4 is 9.64 Å². The van der Waals surface area contributed by atoms with Gasteiger partial charge in [0.15, 0.2) is 0 Å². The Morgan fingerprint density at radius 1 is 0.453 bits per heavy atom. The van der Waals surface area contributed by atoms with Crippen molar-refractivity contribution in [1.82, 2.24) is 0 Å². The van der Waals surface area contributed by atoms with Crippen molar-refractivity contribution in [3.05, 3.63) is 211 Å². The average molecular weight is 698 g/mol. The zero-order chi connectivity index (χ0) is 35.4. The zero-order valence-corrected chi connectivity index (χ0v) is 30.1. The largest absolute Gasteiger partial charge is 0.455 e. The maximum atomic E-state index is 6.52. The number of para-hydroxylation sites is 1. The van der Waals surface area contributed by atoms with E-state index in [9.17, 15) is 0 Å². The first-order valence-electron chi connectivity index (χ1n) is 18.1. The predicted octanol–water partition coefficient (Wildman–Crippen LogP) is 14.1. The molecule has 53 heavy (non-hydrogen) atoms. The number of hydrogen-bond donors (Lipinski definition) is 0. The molecule has 1 aliphatic heterocycles. The first-order valence-corrected chi connectivity index (χ1v) is 18.9. The minimum Gasteiger partial charge on any atom is -0.455 e. The van der Waals surface area contributed by atoms with E-state index in [0.29, 0.717) is 0 Å². The zero-order valence-electron chi connectivity index (χ0n) is 29.2. The van der Waals surface area contributed by atoms with Crippen LogP contribution in [0.5, 0.6) is 11.5 Å². The molecule has 0 N–H and O–H groups in total. The van der Waals surface area contributed by atoms with Crippen LogP contribution >= 0.6 is 11.8 Å². The Labute approximate surface area is 315 Å². The van der Waals surface area contributed by atoms with Crippen LogP contribution in [0.4, 0.5) is 17.1 Å². The quantitative estimate of drug-likeness (QED) is 0.172. The van der Waals surface area contributed by atoms with Gasteiger partial charge in [-0.1, -0.05) is 151 Å². The number of rotatable bonds is 6. The molecule has 0 fully saturated rings. The lowest BCUT2D eigenvalue weighted by molar-refractivity contribution is 0.454. The van der Waals surface area contributed by atoms with Crippen LogP contribution in [0.15, 0.2) is 204 Å². The van der Waals surface area contributed by atoms with Gasteiger partial charge in [-0.3, -0.25) is 0 Å². The van der Waals surface area contributed by atoms with Crippen molar-refractivity contribution in [3.63, 3.8) is 0 Å². The molecule has 8 aromatic rings. The van der Waals surface area contributed by atoms with Crippen LogP contribution in [0.1, 0.15) is 23.6 Å². The summed E-state index contributed by atoms with van der Waals surface area (Å²) >= 11 is 1.82. The smallest absolute Gasteiger partial charge is 0.142 e. The normalized spacial score (nSPS) is 15.0. The Bertz CT molecular complexity index is 2520. The van der Waals surface area contributed by atoms with Crippen molar-refractivity contribution in [2.24, 2.45) is 0 Å². The molecule has 8 aromatic carbocycles. The maximum Gasteiger partial charge on any atom is 0.142 e. The van der Waals surface area contributed by atoms with E-state index in [1.807, 2.05) is 17.8 Å². The average Bonchev–Trinajstić information content (AvgIpc) is 3.50. The lowest BCUT2D eigenvalue weighted by atomic mass is 9.74. The van der Waals surface area contributed by atoms with Crippen molar-refractivity contribution >= 4 is 28.8 Å². The molecule has 0 amide bonds. The van der Waals surface area contributed by atoms with Crippen LogP contribution in [0.2, 0.25) is 0 Å². The second kappa shape index (κ2) is 12.7. The summed E-state index contributed by atoms with van der Waals surface area (Å²) in [6, 6.07) is 69.9. The van der Waals surface area contributed by atoms with E-state index in [1.165, 1.54) is 55.0 Å². The summed E-state index contributed by atoms with van der Waals surface area (Å²) in [6.45, 7) is 2.39. The molecule has 1 heterocycles. The van der Waals surface area contributed by atoms with Gasteiger partial charge in [-0.2, -0.15) is 0 Å². The minimum atomic E-state index is -0.380. The van der Waals surface area contributed by atoms with Crippen LogP contribution in [-0.4, -0.2) is 0 Å². The summed E-state index contributed by atoms with van der Waals surface area (Å²) in [5.41, 5.74) is 14.1. The van der Waals surface area contributed by atoms with Gasteiger partial charge < -0.3 is 9.64 Å². The van der Waals surface area contributed by atoms with E-state index >= 15 is 0 Å². The molecule has 0 aromatic heterocycles. The SMILES string of the molecule is CC1(c2ccccc2)c2cc(N(c3ccc(-c4ccccc4)cc3)c3ccc(-c4ccccc4)cc3)ccc2-c2c1ccc1c2Sc2ccccc2O1. The fourth-order valence-electron chi connectivity index (χ4n) is 8.12. The Hall–Kier alpha value is -6.29. The Morgan fingerprint density at radius 3 is 1.60 bits per heavy atom. The highest BCUT2D eigenvalue weighted by Gasteiger charge is 2.43. The standard InChI is InChI=1S/C50H35NOS/c1-50(38-17-9-4-10-18-38)43-31-32-46-49(53-47-20-12-11-19-45(47)52-46)48(43)42-30-29-41(33-44(42)50)51(39-25-21-36(22-26-39)34-13-5-2-6-14-34)40-27-23-37(24-28-40)35-15-7-3-8-16-35/h2-33H,1H3. The van der Waals surface area contributed by atoms with E-state index < -0.39 is 0 Å². The fourth-order valence-corrected chi connectivity index (χ4v) is 9.23. The summed E-state index contributed by atoms with van der Waals surface area (Å²) in [4.78, 5) is 4.71. The molecule has 2 nitrogen and oxygen atoms in total. The third-order valence-corrected chi connectivity index (χ3v) is 12.0. The van der Waals surface area contributed by atoms with Gasteiger partial charge in [0.25, 0.3) is 0 Å². The molecule has 1 unspecified atom stereocenters. The molecule has 0 saturated carbocycles. The van der Waals surface area contributed by atoms with Crippen LogP contribution in [-0.2, 0) is 5.41 Å². The van der Waals surface area contributed by atoms with Gasteiger partial charge >= 0.3 is 0 Å². The Morgan fingerprint density at radius 2 is 0.981 bits per heavy atom. The summed E-state index contributed by atoms with van der Waals surface area (Å²) in [7, 11) is 0. The second-order valence-corrected chi connectivity index (χ2v) is 14.9. The predicted molar refractivity (Wildman–Crippen MR) is 220 cm³/mol. The second-order valence-electron chi connectivity index (χ2n) is 13.8. The van der Waals surface area contributed by atoms with Crippen LogP contribution in [0, 0.1) is 0 Å². The highest BCUT2D eigenvalue weighted by molar-refractivity contribution is 7.99. The molecular formula is C50H35NOS. The highest BCUT2D eigenvalue weighted by atomic mass is 32.2. The van der Waals surface area contributed by atoms with E-state index in [2.05, 4.69) is 200 Å². The number of nitrogens with zero attached hydrogens (tertiary/aromatic N) is 1. The first kappa shape index (κ1) is 31.4. The molecule has 0 saturated heterocycles. The van der Waals surface area contributed by atoms with E-state index in [4.69, 9.17) is 4.74 Å². The Balaban J connectivity index is 1.15. The molecule has 0 radical (unpaired) electrons. The van der Waals surface area contributed by atoms with Crippen molar-refractivity contribution < 1.29 is 4.74 Å². The molecule has 0 spiro atoms. The molecular weight excluding hydrogens is 663 g/mol. The van der Waals surface area contributed by atoms with Gasteiger partial charge in [0, 0.05) is 28.0 Å². The number of benzene rings is 8. The van der Waals surface area contributed by atoms with E-state index in [1.54, 1.807) is 0 Å². The monoisotopic (exact) mass is 697 g/mol. The molecule has 1 atom stereocenters. The molecule has 1 aliphatic carbocycles. The number of hydrogen-bond acceptors (Lipinski definition) is 3. The van der Waals surface area contributed by atoms with E-state index in [0.717, 1.165) is 33.5 Å². The van der Waals surface area contributed by atoms with Crippen LogP contribution in [0.25, 0.3) is 33.4 Å². The molecule has 10 rings (SSSR count). The number of fused-ring (bicyclic) bond motifs is 6. The molecule has 252 valence electrons. The van der Waals surface area contributed by atoms with Gasteiger partial charge in [-0.15, -0.1) is 0 Å². The Kier molecular flexibility index (Phi) is 7.56. The van der Waals surface area contributed by atoms with Crippen molar-refractivity contribution in [3.8, 4) is 44.9 Å². The molecule has 0 bridgehead atoms. The third kappa shape index (κ3) is 5.27. The lowest BCUT2D eigenvalue weighted by Gasteiger charge is -2.31. The molecule has 3 heteroatoms. The topological polar surface area (TPSA) is 12.5 Å². The summed E-state index contributed by atoms with van der Waals surface area (Å²) in [5, 5.41) is 0. The third-order valence-electron chi connectivity index (χ3n) is 10.8. The van der Waals surface area contributed by atoms with Gasteiger partial charge in [-0.25, -0.2) is 0 Å². The number of ether oxygens (including phenoxy) is 1. The van der Waals surface area contributed by atoms with Gasteiger partial charge in [0.05, 0.1) is 9.79 Å². The number of anilines is 3. The minimum absolute atomic E-state index is 0.380. The van der Waals surface area contributed by atoms with Crippen molar-refractivity contribution in [2.45, 2.75) is 22.1 Å². The van der Waals surface area contributed by atoms with Crippen molar-refractivity contribution in [2.75, 3.05) is 4.90 Å². The van der Waals surface area contributed by atoms with Crippen LogP contribution in [0.3, 0.4) is 0 Å².